The maximum atomic E-state index is 13.1. The van der Waals surface area contributed by atoms with Gasteiger partial charge >= 0.3 is 0 Å². The monoisotopic (exact) mass is 281 g/mol. The van der Waals surface area contributed by atoms with Gasteiger partial charge in [-0.1, -0.05) is 30.3 Å². The highest BCUT2D eigenvalue weighted by Crippen LogP contribution is 2.19. The Kier molecular flexibility index (Phi) is 3.77. The number of aryl methyl sites for hydroxylation is 1. The van der Waals surface area contributed by atoms with Crippen molar-refractivity contribution in [2.75, 3.05) is 11.9 Å². The molecule has 3 nitrogen and oxygen atoms in total. The number of nitrogens with one attached hydrogen (secondary N) is 1. The molecule has 0 saturated carbocycles. The number of anilines is 1. The summed E-state index contributed by atoms with van der Waals surface area (Å²) in [6, 6.07) is 12.9. The average Bonchev–Trinajstić information content (AvgIpc) is 2.50. The first kappa shape index (κ1) is 13.5. The zero-order valence-corrected chi connectivity index (χ0v) is 11.8. The van der Waals surface area contributed by atoms with Gasteiger partial charge in [-0.25, -0.2) is 4.39 Å². The van der Waals surface area contributed by atoms with Gasteiger partial charge in [0.1, 0.15) is 5.82 Å². The molecular formula is C17H16FN3. The van der Waals surface area contributed by atoms with Gasteiger partial charge in [-0.05, 0) is 36.6 Å². The maximum Gasteiger partial charge on any atom is 0.156 e. The first-order valence-electron chi connectivity index (χ1n) is 6.93. The van der Waals surface area contributed by atoms with E-state index in [1.54, 1.807) is 12.3 Å². The van der Waals surface area contributed by atoms with Crippen molar-refractivity contribution < 1.29 is 4.39 Å². The second-order valence-corrected chi connectivity index (χ2v) is 5.03. The van der Waals surface area contributed by atoms with E-state index in [1.807, 2.05) is 37.3 Å². The van der Waals surface area contributed by atoms with E-state index in [0.717, 1.165) is 40.7 Å². The molecule has 106 valence electrons. The van der Waals surface area contributed by atoms with E-state index in [1.165, 1.54) is 6.07 Å². The summed E-state index contributed by atoms with van der Waals surface area (Å²) in [5.74, 6) is 0.594. The minimum atomic E-state index is -0.191. The predicted molar refractivity (Wildman–Crippen MR) is 82.9 cm³/mol. The second-order valence-electron chi connectivity index (χ2n) is 5.03. The molecule has 0 bridgehead atoms. The molecule has 0 atom stereocenters. The molecule has 4 heteroatoms. The largest absolute Gasteiger partial charge is 0.368 e. The van der Waals surface area contributed by atoms with E-state index in [2.05, 4.69) is 15.5 Å². The van der Waals surface area contributed by atoms with Crippen LogP contribution in [0.2, 0.25) is 0 Å². The summed E-state index contributed by atoms with van der Waals surface area (Å²) >= 11 is 0. The Hall–Kier alpha value is -2.49. The van der Waals surface area contributed by atoms with Gasteiger partial charge in [0.2, 0.25) is 0 Å². The lowest BCUT2D eigenvalue weighted by Crippen LogP contribution is -2.08. The minimum absolute atomic E-state index is 0.191. The van der Waals surface area contributed by atoms with Gasteiger partial charge in [0.25, 0.3) is 0 Å². The molecule has 0 fully saturated rings. The summed E-state index contributed by atoms with van der Waals surface area (Å²) in [4.78, 5) is 0. The number of nitrogens with zero attached hydrogens (tertiary/aromatic N) is 2. The van der Waals surface area contributed by atoms with E-state index in [-0.39, 0.29) is 5.82 Å². The van der Waals surface area contributed by atoms with Gasteiger partial charge in [-0.3, -0.25) is 0 Å². The normalized spacial score (nSPS) is 10.8. The molecule has 2 aromatic carbocycles. The summed E-state index contributed by atoms with van der Waals surface area (Å²) < 4.78 is 13.1. The Balaban J connectivity index is 1.72. The first-order chi connectivity index (χ1) is 10.2. The zero-order chi connectivity index (χ0) is 14.7. The van der Waals surface area contributed by atoms with E-state index in [0.29, 0.717) is 0 Å². The van der Waals surface area contributed by atoms with Gasteiger partial charge < -0.3 is 5.32 Å². The van der Waals surface area contributed by atoms with Gasteiger partial charge in [-0.15, -0.1) is 5.10 Å². The number of hydrogen-bond acceptors (Lipinski definition) is 3. The van der Waals surface area contributed by atoms with Crippen LogP contribution < -0.4 is 5.32 Å². The highest BCUT2D eigenvalue weighted by atomic mass is 19.1. The topological polar surface area (TPSA) is 37.8 Å². The van der Waals surface area contributed by atoms with Crippen molar-refractivity contribution in [3.63, 3.8) is 0 Å². The number of halogens is 1. The molecule has 0 amide bonds. The lowest BCUT2D eigenvalue weighted by Gasteiger charge is -2.09. The van der Waals surface area contributed by atoms with Crippen molar-refractivity contribution in [2.24, 2.45) is 0 Å². The molecule has 0 radical (unpaired) electrons. The molecule has 1 heterocycles. The highest BCUT2D eigenvalue weighted by molar-refractivity contribution is 5.90. The summed E-state index contributed by atoms with van der Waals surface area (Å²) in [5, 5.41) is 13.6. The molecule has 0 saturated heterocycles. The Morgan fingerprint density at radius 3 is 2.86 bits per heavy atom. The smallest absolute Gasteiger partial charge is 0.156 e. The van der Waals surface area contributed by atoms with Crippen molar-refractivity contribution >= 4 is 16.6 Å². The highest BCUT2D eigenvalue weighted by Gasteiger charge is 2.04. The maximum absolute atomic E-state index is 13.1. The van der Waals surface area contributed by atoms with Crippen LogP contribution in [0.5, 0.6) is 0 Å². The fourth-order valence-corrected chi connectivity index (χ4v) is 2.41. The molecule has 0 spiro atoms. The number of fused-ring (bicyclic) bond motifs is 1. The molecular weight excluding hydrogens is 265 g/mol. The Morgan fingerprint density at radius 1 is 1.14 bits per heavy atom. The fourth-order valence-electron chi connectivity index (χ4n) is 2.41. The van der Waals surface area contributed by atoms with Crippen LogP contribution in [0.3, 0.4) is 0 Å². The van der Waals surface area contributed by atoms with Crippen molar-refractivity contribution in [1.82, 2.24) is 10.2 Å². The van der Waals surface area contributed by atoms with Crippen molar-refractivity contribution in [1.29, 1.82) is 0 Å². The molecule has 0 aliphatic heterocycles. The van der Waals surface area contributed by atoms with E-state index in [4.69, 9.17) is 0 Å². The Bertz CT molecular complexity index is 766. The molecule has 0 aliphatic carbocycles. The molecule has 21 heavy (non-hydrogen) atoms. The third-order valence-electron chi connectivity index (χ3n) is 3.56. The van der Waals surface area contributed by atoms with Crippen LogP contribution in [0.25, 0.3) is 10.8 Å². The summed E-state index contributed by atoms with van der Waals surface area (Å²) in [5.41, 5.74) is 2.11. The number of benzene rings is 2. The average molecular weight is 281 g/mol. The first-order valence-corrected chi connectivity index (χ1v) is 6.93. The summed E-state index contributed by atoms with van der Waals surface area (Å²) in [6.07, 6.45) is 2.57. The molecule has 3 rings (SSSR count). The van der Waals surface area contributed by atoms with Crippen LogP contribution in [0.1, 0.15) is 11.1 Å². The van der Waals surface area contributed by atoms with Gasteiger partial charge in [0, 0.05) is 17.3 Å². The third-order valence-corrected chi connectivity index (χ3v) is 3.56. The van der Waals surface area contributed by atoms with Gasteiger partial charge in [0.05, 0.1) is 6.20 Å². The number of rotatable bonds is 4. The number of aromatic nitrogens is 2. The van der Waals surface area contributed by atoms with Crippen molar-refractivity contribution in [2.45, 2.75) is 13.3 Å². The van der Waals surface area contributed by atoms with Crippen LogP contribution >= 0.6 is 0 Å². The Labute approximate surface area is 122 Å². The van der Waals surface area contributed by atoms with Crippen molar-refractivity contribution in [3.05, 3.63) is 65.6 Å². The summed E-state index contributed by atoms with van der Waals surface area (Å²) in [7, 11) is 0. The molecule has 1 aromatic heterocycles. The third kappa shape index (κ3) is 2.99. The molecule has 1 N–H and O–H groups in total. The van der Waals surface area contributed by atoms with E-state index >= 15 is 0 Å². The van der Waals surface area contributed by atoms with Crippen LogP contribution in [-0.4, -0.2) is 16.7 Å². The Morgan fingerprint density at radius 2 is 2.00 bits per heavy atom. The molecule has 3 aromatic rings. The summed E-state index contributed by atoms with van der Waals surface area (Å²) in [6.45, 7) is 2.66. The quantitative estimate of drug-likeness (QED) is 0.791. The van der Waals surface area contributed by atoms with Crippen molar-refractivity contribution in [3.8, 4) is 0 Å². The van der Waals surface area contributed by atoms with Gasteiger partial charge in [0.15, 0.2) is 5.82 Å². The molecule has 0 aliphatic rings. The predicted octanol–water partition coefficient (Wildman–Crippen LogP) is 3.73. The zero-order valence-electron chi connectivity index (χ0n) is 11.8. The van der Waals surface area contributed by atoms with E-state index in [9.17, 15) is 4.39 Å². The van der Waals surface area contributed by atoms with Crippen LogP contribution in [0.4, 0.5) is 10.2 Å². The number of hydrogen-bond donors (Lipinski definition) is 1. The fraction of sp³-hybridized carbons (Fsp3) is 0.176. The second kappa shape index (κ2) is 5.87. The van der Waals surface area contributed by atoms with Crippen LogP contribution in [-0.2, 0) is 6.42 Å². The van der Waals surface area contributed by atoms with Crippen LogP contribution in [0, 0.1) is 12.7 Å². The SMILES string of the molecule is Cc1cc(F)ccc1CCNc1nncc2ccccc12. The van der Waals surface area contributed by atoms with E-state index < -0.39 is 0 Å². The standard InChI is InChI=1S/C17H16FN3/c1-12-10-15(18)7-6-13(12)8-9-19-17-16-5-3-2-4-14(16)11-20-21-17/h2-7,10-11H,8-9H2,1H3,(H,19,21). The molecule has 0 unspecified atom stereocenters. The van der Waals surface area contributed by atoms with Gasteiger partial charge in [-0.2, -0.15) is 5.10 Å². The lowest BCUT2D eigenvalue weighted by atomic mass is 10.1. The van der Waals surface area contributed by atoms with Crippen LogP contribution in [0.15, 0.2) is 48.7 Å². The minimum Gasteiger partial charge on any atom is -0.368 e. The lowest BCUT2D eigenvalue weighted by molar-refractivity contribution is 0.625.